The number of benzene rings is 2. The van der Waals surface area contributed by atoms with E-state index in [0.717, 1.165) is 11.9 Å². The monoisotopic (exact) mass is 268 g/mol. The molecule has 0 unspecified atom stereocenters. The smallest absolute Gasteiger partial charge is 0.250 e. The Morgan fingerprint density at radius 1 is 1.05 bits per heavy atom. The van der Waals surface area contributed by atoms with E-state index in [4.69, 9.17) is 0 Å². The van der Waals surface area contributed by atoms with Crippen molar-refractivity contribution in [2.75, 3.05) is 19.0 Å². The zero-order chi connectivity index (χ0) is 14.5. The molecule has 2 aromatic carbocycles. The maximum atomic E-state index is 11.9. The van der Waals surface area contributed by atoms with Crippen molar-refractivity contribution in [3.63, 3.8) is 0 Å². The van der Waals surface area contributed by atoms with E-state index < -0.39 is 0 Å². The summed E-state index contributed by atoms with van der Waals surface area (Å²) in [7, 11) is 3.85. The highest BCUT2D eigenvalue weighted by atomic mass is 16.5. The lowest BCUT2D eigenvalue weighted by molar-refractivity contribution is -0.353. The second-order valence-corrected chi connectivity index (χ2v) is 4.60. The first-order valence-electron chi connectivity index (χ1n) is 6.26. The first kappa shape index (κ1) is 13.8. The lowest BCUT2D eigenvalue weighted by Crippen LogP contribution is -2.10. The van der Waals surface area contributed by atoms with Crippen LogP contribution in [0, 0.1) is 5.21 Å². The van der Waals surface area contributed by atoms with Gasteiger partial charge < -0.3 is 10.1 Å². The summed E-state index contributed by atoms with van der Waals surface area (Å²) in [5.41, 5.74) is 1.93. The summed E-state index contributed by atoms with van der Waals surface area (Å²) in [5, 5.41) is 11.9. The average molecular weight is 268 g/mol. The van der Waals surface area contributed by atoms with Gasteiger partial charge in [-0.25, -0.2) is 0 Å². The van der Waals surface area contributed by atoms with Crippen molar-refractivity contribution >= 4 is 23.4 Å². The molecular formula is C16H16N2O2. The minimum Gasteiger partial charge on any atom is -0.618 e. The van der Waals surface area contributed by atoms with Crippen LogP contribution in [0.1, 0.15) is 10.4 Å². The fraction of sp³-hybridized carbons (Fsp3) is 0.125. The summed E-state index contributed by atoms with van der Waals surface area (Å²) in [6.07, 6.45) is 1.06. The summed E-state index contributed by atoms with van der Waals surface area (Å²) in [6, 6.07) is 15.8. The molecule has 0 N–H and O–H groups in total. The number of anilines is 1. The van der Waals surface area contributed by atoms with Crippen molar-refractivity contribution in [3.05, 3.63) is 65.4 Å². The minimum absolute atomic E-state index is 0.308. The van der Waals surface area contributed by atoms with E-state index in [1.54, 1.807) is 36.4 Å². The molecule has 0 spiro atoms. The Bertz CT molecular complexity index is 617. The molecule has 0 aliphatic heterocycles. The van der Waals surface area contributed by atoms with Gasteiger partial charge in [0.1, 0.15) is 0 Å². The second kappa shape index (κ2) is 6.02. The van der Waals surface area contributed by atoms with Gasteiger partial charge in [-0.2, -0.15) is 4.74 Å². The third-order valence-corrected chi connectivity index (χ3v) is 2.91. The Balaban J connectivity index is 2.20. The van der Waals surface area contributed by atoms with Gasteiger partial charge in [0, 0.05) is 37.5 Å². The normalized spacial score (nSPS) is 11.2. The van der Waals surface area contributed by atoms with Crippen LogP contribution in [0.5, 0.6) is 0 Å². The van der Waals surface area contributed by atoms with Crippen LogP contribution in [-0.2, 0) is 0 Å². The van der Waals surface area contributed by atoms with Crippen molar-refractivity contribution in [3.8, 4) is 0 Å². The number of Topliss-reactive ketones (excluding diaryl/α,β-unsaturated/α-hetero) is 1. The highest BCUT2D eigenvalue weighted by molar-refractivity contribution is 6.33. The summed E-state index contributed by atoms with van der Waals surface area (Å²) in [4.78, 5) is 13.8. The predicted molar refractivity (Wildman–Crippen MR) is 80.9 cm³/mol. The van der Waals surface area contributed by atoms with Crippen molar-refractivity contribution in [1.29, 1.82) is 0 Å². The quantitative estimate of drug-likeness (QED) is 0.281. The molecule has 0 fully saturated rings. The van der Waals surface area contributed by atoms with Crippen LogP contribution in [0.25, 0.3) is 0 Å². The zero-order valence-corrected chi connectivity index (χ0v) is 11.5. The van der Waals surface area contributed by atoms with Gasteiger partial charge in [0.05, 0.1) is 0 Å². The Kier molecular flexibility index (Phi) is 4.15. The van der Waals surface area contributed by atoms with Gasteiger partial charge in [0.2, 0.25) is 17.7 Å². The maximum Gasteiger partial charge on any atom is 0.250 e. The van der Waals surface area contributed by atoms with Gasteiger partial charge in [-0.05, 0) is 12.1 Å². The summed E-state index contributed by atoms with van der Waals surface area (Å²) in [5.74, 6) is -0.308. The Morgan fingerprint density at radius 2 is 1.65 bits per heavy atom. The number of rotatable bonds is 4. The Hall–Kier alpha value is -2.62. The van der Waals surface area contributed by atoms with E-state index in [1.165, 1.54) is 0 Å². The van der Waals surface area contributed by atoms with Gasteiger partial charge in [-0.1, -0.05) is 30.3 Å². The number of carbonyl (C=O) groups is 1. The third-order valence-electron chi connectivity index (χ3n) is 2.91. The Morgan fingerprint density at radius 3 is 2.20 bits per heavy atom. The van der Waals surface area contributed by atoms with E-state index in [2.05, 4.69) is 0 Å². The van der Waals surface area contributed by atoms with Gasteiger partial charge in [-0.3, -0.25) is 4.79 Å². The van der Waals surface area contributed by atoms with Gasteiger partial charge in [-0.15, -0.1) is 0 Å². The molecule has 0 saturated heterocycles. The molecule has 20 heavy (non-hydrogen) atoms. The van der Waals surface area contributed by atoms with Crippen molar-refractivity contribution in [2.45, 2.75) is 0 Å². The summed E-state index contributed by atoms with van der Waals surface area (Å²) < 4.78 is 0.592. The number of hydrogen-bond donors (Lipinski definition) is 0. The number of carbonyl (C=O) groups excluding carboxylic acids is 1. The molecule has 0 aromatic heterocycles. The van der Waals surface area contributed by atoms with Crippen LogP contribution in [0.3, 0.4) is 0 Å². The standard InChI is InChI=1S/C16H16N2O2/c1-17(2)14-8-10-15(11-9-14)18(20)12-16(19)13-6-4-3-5-7-13/h3-12H,1-2H3/b18-12-. The molecule has 0 atom stereocenters. The fourth-order valence-electron chi connectivity index (χ4n) is 1.76. The summed E-state index contributed by atoms with van der Waals surface area (Å²) >= 11 is 0. The molecule has 4 nitrogen and oxygen atoms in total. The maximum absolute atomic E-state index is 11.9. The second-order valence-electron chi connectivity index (χ2n) is 4.60. The van der Waals surface area contributed by atoms with Crippen LogP contribution in [0.2, 0.25) is 0 Å². The largest absolute Gasteiger partial charge is 0.618 e. The molecule has 102 valence electrons. The van der Waals surface area contributed by atoms with E-state index >= 15 is 0 Å². The molecule has 2 rings (SSSR count). The van der Waals surface area contributed by atoms with E-state index in [1.807, 2.05) is 37.2 Å². The molecule has 0 bridgehead atoms. The van der Waals surface area contributed by atoms with Crippen LogP contribution >= 0.6 is 0 Å². The van der Waals surface area contributed by atoms with E-state index in [-0.39, 0.29) is 5.78 Å². The van der Waals surface area contributed by atoms with Crippen LogP contribution in [0.15, 0.2) is 54.6 Å². The fourth-order valence-corrected chi connectivity index (χ4v) is 1.76. The first-order valence-corrected chi connectivity index (χ1v) is 6.26. The van der Waals surface area contributed by atoms with Gasteiger partial charge in [0.15, 0.2) is 0 Å². The first-order chi connectivity index (χ1) is 9.58. The van der Waals surface area contributed by atoms with Crippen LogP contribution in [0.4, 0.5) is 11.4 Å². The number of nitrogens with zero attached hydrogens (tertiary/aromatic N) is 2. The number of hydrogen-bond acceptors (Lipinski definition) is 3. The lowest BCUT2D eigenvalue weighted by atomic mass is 10.1. The molecule has 0 aliphatic carbocycles. The van der Waals surface area contributed by atoms with Crippen molar-refractivity contribution < 1.29 is 9.53 Å². The highest BCUT2D eigenvalue weighted by Crippen LogP contribution is 2.17. The van der Waals surface area contributed by atoms with Crippen molar-refractivity contribution in [1.82, 2.24) is 0 Å². The molecule has 0 aliphatic rings. The molecular weight excluding hydrogens is 252 g/mol. The molecule has 4 heteroatoms. The topological polar surface area (TPSA) is 46.4 Å². The van der Waals surface area contributed by atoms with Gasteiger partial charge >= 0.3 is 0 Å². The number of ketones is 1. The summed E-state index contributed by atoms with van der Waals surface area (Å²) in [6.45, 7) is 0. The highest BCUT2D eigenvalue weighted by Gasteiger charge is 2.08. The van der Waals surface area contributed by atoms with Gasteiger partial charge in [0.25, 0.3) is 0 Å². The Labute approximate surface area is 118 Å². The average Bonchev–Trinajstić information content (AvgIpc) is 2.48. The molecule has 0 heterocycles. The van der Waals surface area contributed by atoms with E-state index in [0.29, 0.717) is 16.0 Å². The third kappa shape index (κ3) is 3.23. The lowest BCUT2D eigenvalue weighted by Gasteiger charge is -2.12. The molecule has 0 radical (unpaired) electrons. The van der Waals surface area contributed by atoms with Crippen molar-refractivity contribution in [2.24, 2.45) is 0 Å². The predicted octanol–water partition coefficient (Wildman–Crippen LogP) is 2.85. The minimum atomic E-state index is -0.308. The van der Waals surface area contributed by atoms with E-state index in [9.17, 15) is 10.0 Å². The molecule has 0 amide bonds. The zero-order valence-electron chi connectivity index (χ0n) is 11.5. The van der Waals surface area contributed by atoms with Crippen LogP contribution in [-0.4, -0.2) is 30.8 Å². The molecule has 0 saturated carbocycles. The SMILES string of the molecule is CN(C)c1ccc(/[N+]([O-])=C/C(=O)c2ccccc2)cc1. The van der Waals surface area contributed by atoms with Crippen LogP contribution < -0.4 is 4.90 Å². The molecule has 2 aromatic rings.